The van der Waals surface area contributed by atoms with Crippen LogP contribution in [0.1, 0.15) is 40.4 Å². The average Bonchev–Trinajstić information content (AvgIpc) is 2.96. The standard InChI is InChI=1S/C21H28N4O3/c1-6-28-11-18-24-17-10-22-16-8-7-14(23-20(26)13(2)3)9-15(16)19(17)25(18)12-21(4,5)27/h7-10,13,27H,6,11-12H2,1-5H3,(H,23,26). The molecule has 0 fully saturated rings. The molecule has 1 aromatic carbocycles. The van der Waals surface area contributed by atoms with E-state index in [1.807, 2.05) is 43.5 Å². The van der Waals surface area contributed by atoms with Gasteiger partial charge in [0.1, 0.15) is 17.9 Å². The van der Waals surface area contributed by atoms with Gasteiger partial charge in [0.05, 0.1) is 29.4 Å². The van der Waals surface area contributed by atoms with Crippen LogP contribution in [0.4, 0.5) is 5.69 Å². The molecule has 0 aliphatic carbocycles. The number of aliphatic hydroxyl groups is 1. The molecular formula is C21H28N4O3. The van der Waals surface area contributed by atoms with E-state index in [0.29, 0.717) is 25.4 Å². The van der Waals surface area contributed by atoms with E-state index in [2.05, 4.69) is 15.3 Å². The lowest BCUT2D eigenvalue weighted by atomic mass is 10.1. The lowest BCUT2D eigenvalue weighted by Crippen LogP contribution is -2.27. The van der Waals surface area contributed by atoms with Crippen molar-refractivity contribution < 1.29 is 14.6 Å². The highest BCUT2D eigenvalue weighted by atomic mass is 16.5. The number of anilines is 1. The Bertz CT molecular complexity index is 1000. The molecule has 0 spiro atoms. The van der Waals surface area contributed by atoms with Gasteiger partial charge in [-0.15, -0.1) is 0 Å². The number of benzene rings is 1. The molecule has 7 heteroatoms. The van der Waals surface area contributed by atoms with Gasteiger partial charge in [-0.25, -0.2) is 4.98 Å². The fourth-order valence-electron chi connectivity index (χ4n) is 3.09. The Morgan fingerprint density at radius 1 is 1.32 bits per heavy atom. The Hall–Kier alpha value is -2.51. The summed E-state index contributed by atoms with van der Waals surface area (Å²) in [5.41, 5.74) is 2.20. The fraction of sp³-hybridized carbons (Fsp3) is 0.476. The Balaban J connectivity index is 2.19. The van der Waals surface area contributed by atoms with Crippen molar-refractivity contribution in [1.82, 2.24) is 14.5 Å². The largest absolute Gasteiger partial charge is 0.389 e. The number of carbonyl (C=O) groups excluding carboxylic acids is 1. The van der Waals surface area contributed by atoms with Gasteiger partial charge in [-0.05, 0) is 39.0 Å². The van der Waals surface area contributed by atoms with E-state index in [4.69, 9.17) is 4.74 Å². The molecule has 0 saturated carbocycles. The molecule has 2 heterocycles. The number of carbonyl (C=O) groups is 1. The summed E-state index contributed by atoms with van der Waals surface area (Å²) in [6.45, 7) is 10.5. The lowest BCUT2D eigenvalue weighted by Gasteiger charge is -2.20. The molecule has 0 unspecified atom stereocenters. The lowest BCUT2D eigenvalue weighted by molar-refractivity contribution is -0.118. The first-order valence-electron chi connectivity index (χ1n) is 9.58. The molecule has 2 aromatic heterocycles. The molecule has 0 aliphatic heterocycles. The van der Waals surface area contributed by atoms with Crippen LogP contribution in [0.2, 0.25) is 0 Å². The molecule has 0 saturated heterocycles. The highest BCUT2D eigenvalue weighted by Gasteiger charge is 2.21. The maximum Gasteiger partial charge on any atom is 0.226 e. The van der Waals surface area contributed by atoms with Crippen LogP contribution < -0.4 is 5.32 Å². The third-order valence-electron chi connectivity index (χ3n) is 4.42. The minimum atomic E-state index is -0.923. The van der Waals surface area contributed by atoms with E-state index in [0.717, 1.165) is 27.8 Å². The van der Waals surface area contributed by atoms with Crippen molar-refractivity contribution in [3.05, 3.63) is 30.2 Å². The fourth-order valence-corrected chi connectivity index (χ4v) is 3.09. The van der Waals surface area contributed by atoms with Crippen molar-refractivity contribution >= 4 is 33.5 Å². The number of rotatable bonds is 7. The Morgan fingerprint density at radius 3 is 2.71 bits per heavy atom. The Kier molecular flexibility index (Phi) is 5.67. The summed E-state index contributed by atoms with van der Waals surface area (Å²) in [4.78, 5) is 21.3. The first-order chi connectivity index (χ1) is 13.2. The van der Waals surface area contributed by atoms with Crippen LogP contribution in [0.3, 0.4) is 0 Å². The van der Waals surface area contributed by atoms with Gasteiger partial charge in [-0.3, -0.25) is 9.78 Å². The SMILES string of the molecule is CCOCc1nc2cnc3ccc(NC(=O)C(C)C)cc3c2n1CC(C)(C)O. The van der Waals surface area contributed by atoms with E-state index < -0.39 is 5.60 Å². The normalized spacial score (nSPS) is 12.2. The summed E-state index contributed by atoms with van der Waals surface area (Å²) < 4.78 is 7.57. The molecule has 3 aromatic rings. The summed E-state index contributed by atoms with van der Waals surface area (Å²) in [5.74, 6) is 0.592. The van der Waals surface area contributed by atoms with Gasteiger partial charge in [-0.1, -0.05) is 13.8 Å². The number of nitrogens with zero attached hydrogens (tertiary/aromatic N) is 3. The summed E-state index contributed by atoms with van der Waals surface area (Å²) in [6.07, 6.45) is 1.74. The van der Waals surface area contributed by atoms with E-state index >= 15 is 0 Å². The molecule has 0 aliphatic rings. The number of nitrogens with one attached hydrogen (secondary N) is 1. The summed E-state index contributed by atoms with van der Waals surface area (Å²) in [6, 6.07) is 5.64. The monoisotopic (exact) mass is 384 g/mol. The number of aromatic nitrogens is 3. The van der Waals surface area contributed by atoms with Crippen LogP contribution in [0.25, 0.3) is 21.9 Å². The zero-order valence-electron chi connectivity index (χ0n) is 17.1. The highest BCUT2D eigenvalue weighted by molar-refractivity contribution is 6.05. The second kappa shape index (κ2) is 7.85. The van der Waals surface area contributed by atoms with Crippen LogP contribution in [0.5, 0.6) is 0 Å². The van der Waals surface area contributed by atoms with Crippen LogP contribution >= 0.6 is 0 Å². The highest BCUT2D eigenvalue weighted by Crippen LogP contribution is 2.29. The molecule has 0 radical (unpaired) electrons. The summed E-state index contributed by atoms with van der Waals surface area (Å²) >= 11 is 0. The number of pyridine rings is 1. The first kappa shape index (κ1) is 20.2. The first-order valence-corrected chi connectivity index (χ1v) is 9.58. The maximum absolute atomic E-state index is 12.1. The minimum Gasteiger partial charge on any atom is -0.389 e. The Morgan fingerprint density at radius 2 is 2.07 bits per heavy atom. The number of imidazole rings is 1. The van der Waals surface area contributed by atoms with Gasteiger partial charge < -0.3 is 19.7 Å². The van der Waals surface area contributed by atoms with Gasteiger partial charge in [-0.2, -0.15) is 0 Å². The minimum absolute atomic E-state index is 0.0403. The van der Waals surface area contributed by atoms with E-state index in [1.165, 1.54) is 0 Å². The molecular weight excluding hydrogens is 356 g/mol. The molecule has 7 nitrogen and oxygen atoms in total. The quantitative estimate of drug-likeness (QED) is 0.651. The van der Waals surface area contributed by atoms with Crippen molar-refractivity contribution in [2.75, 3.05) is 11.9 Å². The second-order valence-corrected chi connectivity index (χ2v) is 7.93. The smallest absolute Gasteiger partial charge is 0.226 e. The van der Waals surface area contributed by atoms with Crippen molar-refractivity contribution in [3.63, 3.8) is 0 Å². The zero-order valence-corrected chi connectivity index (χ0v) is 17.1. The summed E-state index contributed by atoms with van der Waals surface area (Å²) in [7, 11) is 0. The Labute approximate surface area is 164 Å². The topological polar surface area (TPSA) is 89.3 Å². The molecule has 2 N–H and O–H groups in total. The zero-order chi connectivity index (χ0) is 20.5. The predicted molar refractivity (Wildman–Crippen MR) is 110 cm³/mol. The van der Waals surface area contributed by atoms with E-state index in [-0.39, 0.29) is 11.8 Å². The molecule has 1 amide bonds. The van der Waals surface area contributed by atoms with Crippen LogP contribution in [-0.2, 0) is 22.7 Å². The number of fused-ring (bicyclic) bond motifs is 3. The molecule has 150 valence electrons. The average molecular weight is 384 g/mol. The number of ether oxygens (including phenoxy) is 1. The predicted octanol–water partition coefficient (Wildman–Crippen LogP) is 3.49. The maximum atomic E-state index is 12.1. The summed E-state index contributed by atoms with van der Waals surface area (Å²) in [5, 5.41) is 14.3. The van der Waals surface area contributed by atoms with Crippen LogP contribution in [0, 0.1) is 5.92 Å². The van der Waals surface area contributed by atoms with Crippen LogP contribution in [-0.4, -0.2) is 37.8 Å². The van der Waals surface area contributed by atoms with Gasteiger partial charge >= 0.3 is 0 Å². The van der Waals surface area contributed by atoms with Gasteiger partial charge in [0.2, 0.25) is 5.91 Å². The molecule has 0 bridgehead atoms. The van der Waals surface area contributed by atoms with Crippen molar-refractivity contribution in [2.45, 2.75) is 53.4 Å². The van der Waals surface area contributed by atoms with Crippen molar-refractivity contribution in [1.29, 1.82) is 0 Å². The van der Waals surface area contributed by atoms with E-state index in [9.17, 15) is 9.90 Å². The number of amides is 1. The molecule has 3 rings (SSSR count). The van der Waals surface area contributed by atoms with Gasteiger partial charge in [0, 0.05) is 23.6 Å². The number of hydrogen-bond acceptors (Lipinski definition) is 5. The third kappa shape index (κ3) is 4.31. The van der Waals surface area contributed by atoms with Gasteiger partial charge in [0.25, 0.3) is 0 Å². The van der Waals surface area contributed by atoms with Crippen LogP contribution in [0.15, 0.2) is 24.4 Å². The number of hydrogen-bond donors (Lipinski definition) is 2. The van der Waals surface area contributed by atoms with Crippen molar-refractivity contribution in [3.8, 4) is 0 Å². The molecule has 0 atom stereocenters. The third-order valence-corrected chi connectivity index (χ3v) is 4.42. The van der Waals surface area contributed by atoms with E-state index in [1.54, 1.807) is 20.0 Å². The van der Waals surface area contributed by atoms with Crippen molar-refractivity contribution in [2.24, 2.45) is 5.92 Å². The van der Waals surface area contributed by atoms with Gasteiger partial charge in [0.15, 0.2) is 0 Å². The molecule has 28 heavy (non-hydrogen) atoms. The second-order valence-electron chi connectivity index (χ2n) is 7.93.